The maximum Gasteiger partial charge on any atom is 0.246 e. The Morgan fingerprint density at radius 3 is 2.60 bits per heavy atom. The molecule has 2 atom stereocenters. The molecule has 0 unspecified atom stereocenters. The van der Waals surface area contributed by atoms with Gasteiger partial charge in [-0.3, -0.25) is 10.1 Å². The van der Waals surface area contributed by atoms with Gasteiger partial charge in [0.25, 0.3) is 0 Å². The number of ether oxygens (including phenoxy) is 1. The van der Waals surface area contributed by atoms with Crippen molar-refractivity contribution in [2.75, 3.05) is 12.4 Å². The number of nitrogens with one attached hydrogen (secondary N) is 2. The number of carbonyl (C=O) groups is 1. The van der Waals surface area contributed by atoms with Gasteiger partial charge in [0.15, 0.2) is 0 Å². The Morgan fingerprint density at radius 2 is 1.80 bits per heavy atom. The predicted molar refractivity (Wildman–Crippen MR) is 121 cm³/mol. The highest BCUT2D eigenvalue weighted by Gasteiger charge is 2.28. The van der Waals surface area contributed by atoms with E-state index in [4.69, 9.17) is 4.74 Å². The molecule has 1 aliphatic carbocycles. The molecule has 0 bridgehead atoms. The number of methoxy groups -OCH3 is 1. The number of aryl methyl sites for hydroxylation is 2. The summed E-state index contributed by atoms with van der Waals surface area (Å²) in [6, 6.07) is 23.9. The van der Waals surface area contributed by atoms with Crippen LogP contribution in [-0.4, -0.2) is 13.0 Å². The van der Waals surface area contributed by atoms with Gasteiger partial charge in [0.05, 0.1) is 12.8 Å². The Kier molecular flexibility index (Phi) is 6.15. The van der Waals surface area contributed by atoms with E-state index in [0.717, 1.165) is 30.4 Å². The number of anilines is 1. The maximum absolute atomic E-state index is 13.4. The molecule has 30 heavy (non-hydrogen) atoms. The van der Waals surface area contributed by atoms with E-state index in [2.05, 4.69) is 34.9 Å². The van der Waals surface area contributed by atoms with Gasteiger partial charge in [-0.1, -0.05) is 60.7 Å². The van der Waals surface area contributed by atoms with Crippen molar-refractivity contribution in [3.63, 3.8) is 0 Å². The van der Waals surface area contributed by atoms with E-state index in [1.54, 1.807) is 7.11 Å². The van der Waals surface area contributed by atoms with Crippen molar-refractivity contribution in [3.05, 3.63) is 95.1 Å². The van der Waals surface area contributed by atoms with Gasteiger partial charge in [-0.2, -0.15) is 0 Å². The van der Waals surface area contributed by atoms with E-state index in [9.17, 15) is 4.79 Å². The van der Waals surface area contributed by atoms with Crippen LogP contribution in [-0.2, 0) is 11.2 Å². The number of benzene rings is 3. The minimum absolute atomic E-state index is 0.0897. The van der Waals surface area contributed by atoms with Gasteiger partial charge in [0.1, 0.15) is 11.8 Å². The molecule has 0 radical (unpaired) electrons. The lowest BCUT2D eigenvalue weighted by Gasteiger charge is -2.30. The van der Waals surface area contributed by atoms with Crippen LogP contribution in [0.1, 0.15) is 47.2 Å². The average Bonchev–Trinajstić information content (AvgIpc) is 2.78. The van der Waals surface area contributed by atoms with Crippen LogP contribution in [0.15, 0.2) is 72.8 Å². The molecule has 1 aliphatic rings. The molecular formula is C26H28N2O2. The third-order valence-corrected chi connectivity index (χ3v) is 5.75. The molecule has 154 valence electrons. The maximum atomic E-state index is 13.4. The molecule has 0 spiro atoms. The zero-order valence-corrected chi connectivity index (χ0v) is 17.5. The van der Waals surface area contributed by atoms with Gasteiger partial charge in [-0.15, -0.1) is 0 Å². The molecule has 4 heteroatoms. The summed E-state index contributed by atoms with van der Waals surface area (Å²) in [6.07, 6.45) is 3.22. The third kappa shape index (κ3) is 4.39. The van der Waals surface area contributed by atoms with Gasteiger partial charge in [0.2, 0.25) is 5.91 Å². The zero-order valence-electron chi connectivity index (χ0n) is 17.5. The fourth-order valence-electron chi connectivity index (χ4n) is 4.22. The summed E-state index contributed by atoms with van der Waals surface area (Å²) >= 11 is 0. The van der Waals surface area contributed by atoms with E-state index in [-0.39, 0.29) is 11.9 Å². The van der Waals surface area contributed by atoms with Gasteiger partial charge in [-0.25, -0.2) is 0 Å². The zero-order chi connectivity index (χ0) is 20.9. The minimum Gasteiger partial charge on any atom is -0.495 e. The lowest BCUT2D eigenvalue weighted by atomic mass is 9.87. The second-order valence-electron chi connectivity index (χ2n) is 7.85. The first-order chi connectivity index (χ1) is 14.7. The van der Waals surface area contributed by atoms with Crippen LogP contribution in [0.5, 0.6) is 5.75 Å². The largest absolute Gasteiger partial charge is 0.495 e. The molecule has 4 nitrogen and oxygen atoms in total. The summed E-state index contributed by atoms with van der Waals surface area (Å²) < 4.78 is 5.45. The molecule has 3 aromatic carbocycles. The lowest BCUT2D eigenvalue weighted by molar-refractivity contribution is -0.118. The van der Waals surface area contributed by atoms with Crippen LogP contribution in [0.25, 0.3) is 0 Å². The highest BCUT2D eigenvalue weighted by atomic mass is 16.5. The molecule has 1 amide bonds. The van der Waals surface area contributed by atoms with E-state index in [0.29, 0.717) is 11.4 Å². The van der Waals surface area contributed by atoms with E-state index >= 15 is 0 Å². The quantitative estimate of drug-likeness (QED) is 0.586. The summed E-state index contributed by atoms with van der Waals surface area (Å²) in [4.78, 5) is 13.4. The molecule has 4 rings (SSSR count). The second kappa shape index (κ2) is 9.14. The summed E-state index contributed by atoms with van der Waals surface area (Å²) in [6.45, 7) is 2.00. The van der Waals surface area contributed by atoms with Crippen molar-refractivity contribution in [1.82, 2.24) is 5.32 Å². The van der Waals surface area contributed by atoms with Crippen molar-refractivity contribution in [1.29, 1.82) is 0 Å². The number of hydrogen-bond donors (Lipinski definition) is 2. The minimum atomic E-state index is -0.465. The normalized spacial score (nSPS) is 16.4. The van der Waals surface area contributed by atoms with Crippen LogP contribution in [0.3, 0.4) is 0 Å². The molecule has 0 aliphatic heterocycles. The standard InChI is InChI=1S/C26H28N2O2/c1-18-15-16-24(30-2)23(17-18)28-26(29)25(20-10-4-3-5-11-20)27-22-14-8-12-19-9-6-7-13-21(19)22/h3-7,9-11,13,15-17,22,25,27H,8,12,14H2,1-2H3,(H,28,29)/t22-,25-/m0/s1. The first-order valence-corrected chi connectivity index (χ1v) is 10.5. The number of fused-ring (bicyclic) bond motifs is 1. The fourth-order valence-corrected chi connectivity index (χ4v) is 4.22. The highest BCUT2D eigenvalue weighted by Crippen LogP contribution is 2.33. The van der Waals surface area contributed by atoms with Crippen LogP contribution < -0.4 is 15.4 Å². The van der Waals surface area contributed by atoms with Crippen LogP contribution in [0.2, 0.25) is 0 Å². The molecule has 0 saturated carbocycles. The average molecular weight is 401 g/mol. The van der Waals surface area contributed by atoms with Crippen molar-refractivity contribution in [2.45, 2.75) is 38.3 Å². The topological polar surface area (TPSA) is 50.4 Å². The second-order valence-corrected chi connectivity index (χ2v) is 7.85. The van der Waals surface area contributed by atoms with Gasteiger partial charge in [-0.05, 0) is 60.6 Å². The molecule has 0 aromatic heterocycles. The molecule has 3 aromatic rings. The van der Waals surface area contributed by atoms with Gasteiger partial charge in [0, 0.05) is 6.04 Å². The van der Waals surface area contributed by atoms with Crippen molar-refractivity contribution in [2.24, 2.45) is 0 Å². The Balaban J connectivity index is 1.63. The molecule has 0 fully saturated rings. The Labute approximate surface area is 178 Å². The third-order valence-electron chi connectivity index (χ3n) is 5.75. The Morgan fingerprint density at radius 1 is 1.03 bits per heavy atom. The SMILES string of the molecule is COc1ccc(C)cc1NC(=O)[C@@H](N[C@H]1CCCc2ccccc21)c1ccccc1. The monoisotopic (exact) mass is 400 g/mol. The highest BCUT2D eigenvalue weighted by molar-refractivity contribution is 5.97. The number of amides is 1. The van der Waals surface area contributed by atoms with Crippen molar-refractivity contribution < 1.29 is 9.53 Å². The molecule has 2 N–H and O–H groups in total. The predicted octanol–water partition coefficient (Wildman–Crippen LogP) is 5.35. The first-order valence-electron chi connectivity index (χ1n) is 10.5. The molecular weight excluding hydrogens is 372 g/mol. The number of hydrogen-bond acceptors (Lipinski definition) is 3. The van der Waals surface area contributed by atoms with E-state index in [1.807, 2.05) is 55.5 Å². The van der Waals surface area contributed by atoms with Crippen LogP contribution >= 0.6 is 0 Å². The van der Waals surface area contributed by atoms with Crippen molar-refractivity contribution in [3.8, 4) is 5.75 Å². The number of carbonyl (C=O) groups excluding carboxylic acids is 1. The fraction of sp³-hybridized carbons (Fsp3) is 0.269. The van der Waals surface area contributed by atoms with Crippen molar-refractivity contribution >= 4 is 11.6 Å². The smallest absolute Gasteiger partial charge is 0.246 e. The van der Waals surface area contributed by atoms with Crippen LogP contribution in [0.4, 0.5) is 5.69 Å². The van der Waals surface area contributed by atoms with Gasteiger partial charge >= 0.3 is 0 Å². The van der Waals surface area contributed by atoms with E-state index < -0.39 is 6.04 Å². The Bertz CT molecular complexity index is 1020. The summed E-state index contributed by atoms with van der Waals surface area (Å²) in [5.41, 5.74) is 5.37. The lowest BCUT2D eigenvalue weighted by Crippen LogP contribution is -2.36. The number of rotatable bonds is 6. The summed E-state index contributed by atoms with van der Waals surface area (Å²) in [5, 5.41) is 6.74. The Hall–Kier alpha value is -3.11. The summed E-state index contributed by atoms with van der Waals surface area (Å²) in [7, 11) is 1.62. The first kappa shape index (κ1) is 20.2. The van der Waals surface area contributed by atoms with E-state index in [1.165, 1.54) is 11.1 Å². The molecule has 0 heterocycles. The molecule has 0 saturated heterocycles. The summed E-state index contributed by atoms with van der Waals surface area (Å²) in [5.74, 6) is 0.567. The van der Waals surface area contributed by atoms with Crippen LogP contribution in [0, 0.1) is 6.92 Å². The van der Waals surface area contributed by atoms with Gasteiger partial charge < -0.3 is 10.1 Å².